The van der Waals surface area contributed by atoms with Crippen molar-refractivity contribution in [2.24, 2.45) is 5.92 Å². The molecular formula is C15H22N2O3. The predicted octanol–water partition coefficient (Wildman–Crippen LogP) is 2.15. The zero-order chi connectivity index (χ0) is 14.5. The molecule has 5 nitrogen and oxygen atoms in total. The molecule has 2 N–H and O–H groups in total. The number of nitrogens with one attached hydrogen (secondary N) is 1. The van der Waals surface area contributed by atoms with Gasteiger partial charge in [0.05, 0.1) is 18.4 Å². The molecule has 110 valence electrons. The maximum absolute atomic E-state index is 11.0. The van der Waals surface area contributed by atoms with Crippen LogP contribution in [0.15, 0.2) is 18.2 Å². The first-order valence-corrected chi connectivity index (χ1v) is 6.94. The van der Waals surface area contributed by atoms with E-state index in [1.807, 2.05) is 0 Å². The SMILES string of the molecule is COc1ccc(C(=O)O)cc1NCC1CCN(C)CC1. The molecular weight excluding hydrogens is 256 g/mol. The van der Waals surface area contributed by atoms with E-state index in [9.17, 15) is 4.79 Å². The summed E-state index contributed by atoms with van der Waals surface area (Å²) in [5, 5.41) is 12.4. The summed E-state index contributed by atoms with van der Waals surface area (Å²) in [4.78, 5) is 13.4. The predicted molar refractivity (Wildman–Crippen MR) is 78.7 cm³/mol. The lowest BCUT2D eigenvalue weighted by Crippen LogP contribution is -2.33. The number of hydrogen-bond acceptors (Lipinski definition) is 4. The van der Waals surface area contributed by atoms with E-state index in [1.54, 1.807) is 25.3 Å². The summed E-state index contributed by atoms with van der Waals surface area (Å²) in [7, 11) is 3.74. The van der Waals surface area contributed by atoms with Crippen LogP contribution in [-0.2, 0) is 0 Å². The number of aromatic carboxylic acids is 1. The summed E-state index contributed by atoms with van der Waals surface area (Å²) in [5.74, 6) is 0.391. The van der Waals surface area contributed by atoms with Gasteiger partial charge in [0.2, 0.25) is 0 Å². The minimum Gasteiger partial charge on any atom is -0.495 e. The van der Waals surface area contributed by atoms with Crippen molar-refractivity contribution in [1.29, 1.82) is 0 Å². The topological polar surface area (TPSA) is 61.8 Å². The Morgan fingerprint density at radius 2 is 2.15 bits per heavy atom. The quantitative estimate of drug-likeness (QED) is 0.864. The van der Waals surface area contributed by atoms with Crippen molar-refractivity contribution in [3.63, 3.8) is 0 Å². The van der Waals surface area contributed by atoms with Crippen LogP contribution < -0.4 is 10.1 Å². The maximum Gasteiger partial charge on any atom is 0.335 e. The Kier molecular flexibility index (Phi) is 4.84. The van der Waals surface area contributed by atoms with Crippen LogP contribution in [0.3, 0.4) is 0 Å². The molecule has 1 aromatic carbocycles. The van der Waals surface area contributed by atoms with Crippen molar-refractivity contribution in [1.82, 2.24) is 4.90 Å². The second kappa shape index (κ2) is 6.61. The molecule has 0 unspecified atom stereocenters. The Hall–Kier alpha value is -1.75. The van der Waals surface area contributed by atoms with Crippen LogP contribution in [0.5, 0.6) is 5.75 Å². The molecule has 1 aliphatic heterocycles. The van der Waals surface area contributed by atoms with Gasteiger partial charge in [-0.2, -0.15) is 0 Å². The Morgan fingerprint density at radius 1 is 1.45 bits per heavy atom. The third-order valence-corrected chi connectivity index (χ3v) is 3.87. The van der Waals surface area contributed by atoms with Crippen LogP contribution in [0, 0.1) is 5.92 Å². The lowest BCUT2D eigenvalue weighted by molar-refractivity contribution is 0.0697. The molecule has 0 bridgehead atoms. The molecule has 1 aromatic rings. The van der Waals surface area contributed by atoms with Gasteiger partial charge in [0.25, 0.3) is 0 Å². The van der Waals surface area contributed by atoms with Crippen LogP contribution in [0.4, 0.5) is 5.69 Å². The summed E-state index contributed by atoms with van der Waals surface area (Å²) in [6.45, 7) is 3.10. The second-order valence-electron chi connectivity index (χ2n) is 5.35. The molecule has 2 rings (SSSR count). The number of likely N-dealkylation sites (tertiary alicyclic amines) is 1. The van der Waals surface area contributed by atoms with E-state index in [1.165, 1.54) is 12.8 Å². The summed E-state index contributed by atoms with van der Waals surface area (Å²) >= 11 is 0. The van der Waals surface area contributed by atoms with E-state index in [0.717, 1.165) is 25.3 Å². The van der Waals surface area contributed by atoms with Gasteiger partial charge < -0.3 is 20.1 Å². The number of piperidine rings is 1. The highest BCUT2D eigenvalue weighted by molar-refractivity contribution is 5.89. The first-order valence-electron chi connectivity index (χ1n) is 6.94. The number of anilines is 1. The molecule has 20 heavy (non-hydrogen) atoms. The number of benzene rings is 1. The lowest BCUT2D eigenvalue weighted by Gasteiger charge is -2.29. The average molecular weight is 278 g/mol. The Bertz CT molecular complexity index is 468. The molecule has 0 aliphatic carbocycles. The number of hydrogen-bond donors (Lipinski definition) is 2. The van der Waals surface area contributed by atoms with Gasteiger partial charge in [0.15, 0.2) is 0 Å². The molecule has 1 fully saturated rings. The van der Waals surface area contributed by atoms with E-state index in [-0.39, 0.29) is 5.56 Å². The standard InChI is InChI=1S/C15H22N2O3/c1-17-7-5-11(6-8-17)10-16-13-9-12(15(18)19)3-4-14(13)20-2/h3-4,9,11,16H,5-8,10H2,1-2H3,(H,18,19). The van der Waals surface area contributed by atoms with Crippen LogP contribution in [-0.4, -0.2) is 49.8 Å². The van der Waals surface area contributed by atoms with Crippen LogP contribution in [0.1, 0.15) is 23.2 Å². The highest BCUT2D eigenvalue weighted by Crippen LogP contribution is 2.26. The van der Waals surface area contributed by atoms with E-state index >= 15 is 0 Å². The van der Waals surface area contributed by atoms with Gasteiger partial charge in [-0.25, -0.2) is 4.79 Å². The lowest BCUT2D eigenvalue weighted by atomic mass is 9.97. The number of methoxy groups -OCH3 is 1. The molecule has 1 aliphatic rings. The van der Waals surface area contributed by atoms with Crippen LogP contribution in [0.25, 0.3) is 0 Å². The number of carbonyl (C=O) groups is 1. The smallest absolute Gasteiger partial charge is 0.335 e. The van der Waals surface area contributed by atoms with E-state index in [0.29, 0.717) is 11.7 Å². The summed E-state index contributed by atoms with van der Waals surface area (Å²) in [6, 6.07) is 4.89. The van der Waals surface area contributed by atoms with Gasteiger partial charge in [-0.15, -0.1) is 0 Å². The van der Waals surface area contributed by atoms with Gasteiger partial charge in [-0.3, -0.25) is 0 Å². The minimum atomic E-state index is -0.921. The fraction of sp³-hybridized carbons (Fsp3) is 0.533. The summed E-state index contributed by atoms with van der Waals surface area (Å²) in [6.07, 6.45) is 2.34. The number of ether oxygens (including phenoxy) is 1. The number of carboxylic acids is 1. The van der Waals surface area contributed by atoms with Gasteiger partial charge >= 0.3 is 5.97 Å². The molecule has 0 atom stereocenters. The molecule has 0 aromatic heterocycles. The zero-order valence-corrected chi connectivity index (χ0v) is 12.1. The second-order valence-corrected chi connectivity index (χ2v) is 5.35. The average Bonchev–Trinajstić information content (AvgIpc) is 2.46. The number of carboxylic acid groups (broad SMARTS) is 1. The van der Waals surface area contributed by atoms with Crippen molar-refractivity contribution >= 4 is 11.7 Å². The number of nitrogens with zero attached hydrogens (tertiary/aromatic N) is 1. The molecule has 1 heterocycles. The largest absolute Gasteiger partial charge is 0.495 e. The normalized spacial score (nSPS) is 16.9. The van der Waals surface area contributed by atoms with Crippen molar-refractivity contribution < 1.29 is 14.6 Å². The highest BCUT2D eigenvalue weighted by Gasteiger charge is 2.17. The third-order valence-electron chi connectivity index (χ3n) is 3.87. The fourth-order valence-corrected chi connectivity index (χ4v) is 2.50. The first-order chi connectivity index (χ1) is 9.60. The van der Waals surface area contributed by atoms with Crippen LogP contribution in [0.2, 0.25) is 0 Å². The first kappa shape index (κ1) is 14.7. The minimum absolute atomic E-state index is 0.275. The summed E-state index contributed by atoms with van der Waals surface area (Å²) in [5.41, 5.74) is 1.03. The van der Waals surface area contributed by atoms with Crippen molar-refractivity contribution in [3.8, 4) is 5.75 Å². The molecule has 0 spiro atoms. The number of rotatable bonds is 5. The zero-order valence-electron chi connectivity index (χ0n) is 12.1. The van der Waals surface area contributed by atoms with Crippen molar-refractivity contribution in [2.75, 3.05) is 39.1 Å². The van der Waals surface area contributed by atoms with Gasteiger partial charge in [-0.05, 0) is 57.1 Å². The maximum atomic E-state index is 11.0. The third kappa shape index (κ3) is 3.63. The van der Waals surface area contributed by atoms with Gasteiger partial charge in [-0.1, -0.05) is 0 Å². The molecule has 0 amide bonds. The van der Waals surface area contributed by atoms with E-state index in [4.69, 9.17) is 9.84 Å². The molecule has 1 saturated heterocycles. The van der Waals surface area contributed by atoms with Gasteiger partial charge in [0.1, 0.15) is 5.75 Å². The Balaban J connectivity index is 2.00. The Morgan fingerprint density at radius 3 is 2.75 bits per heavy atom. The fourth-order valence-electron chi connectivity index (χ4n) is 2.50. The van der Waals surface area contributed by atoms with Gasteiger partial charge in [0, 0.05) is 6.54 Å². The molecule has 5 heteroatoms. The highest BCUT2D eigenvalue weighted by atomic mass is 16.5. The molecule has 0 radical (unpaired) electrons. The van der Waals surface area contributed by atoms with Crippen molar-refractivity contribution in [3.05, 3.63) is 23.8 Å². The monoisotopic (exact) mass is 278 g/mol. The Labute approximate surface area is 119 Å². The summed E-state index contributed by atoms with van der Waals surface area (Å²) < 4.78 is 5.27. The van der Waals surface area contributed by atoms with Crippen molar-refractivity contribution in [2.45, 2.75) is 12.8 Å². The van der Waals surface area contributed by atoms with E-state index in [2.05, 4.69) is 17.3 Å². The molecule has 0 saturated carbocycles. The van der Waals surface area contributed by atoms with E-state index < -0.39 is 5.97 Å². The van der Waals surface area contributed by atoms with Crippen LogP contribution >= 0.6 is 0 Å².